The van der Waals surface area contributed by atoms with Gasteiger partial charge in [0.05, 0.1) is 11.3 Å². The van der Waals surface area contributed by atoms with E-state index in [1.165, 1.54) is 29.0 Å². The number of pyridine rings is 1. The number of halogens is 1. The van der Waals surface area contributed by atoms with Gasteiger partial charge in [-0.05, 0) is 31.2 Å². The fourth-order valence-electron chi connectivity index (χ4n) is 2.34. The Morgan fingerprint density at radius 3 is 2.91 bits per heavy atom. The van der Waals surface area contributed by atoms with Crippen molar-refractivity contribution in [3.63, 3.8) is 0 Å². The minimum Gasteiger partial charge on any atom is -0.360 e. The van der Waals surface area contributed by atoms with E-state index >= 15 is 0 Å². The Morgan fingerprint density at radius 1 is 1.32 bits per heavy atom. The van der Waals surface area contributed by atoms with Gasteiger partial charge in [0.25, 0.3) is 11.5 Å². The molecule has 0 radical (unpaired) electrons. The first-order valence-electron chi connectivity index (χ1n) is 6.87. The summed E-state index contributed by atoms with van der Waals surface area (Å²) in [6.07, 6.45) is 3.13. The van der Waals surface area contributed by atoms with Crippen molar-refractivity contribution < 1.29 is 9.18 Å². The van der Waals surface area contributed by atoms with Crippen molar-refractivity contribution in [3.8, 4) is 0 Å². The first-order valence-corrected chi connectivity index (χ1v) is 6.87. The summed E-state index contributed by atoms with van der Waals surface area (Å²) in [6, 6.07) is 7.17. The molecule has 0 saturated heterocycles. The molecule has 0 aliphatic carbocycles. The van der Waals surface area contributed by atoms with Gasteiger partial charge in [0, 0.05) is 35.9 Å². The number of H-pyrrole nitrogens is 1. The minimum absolute atomic E-state index is 0.122. The van der Waals surface area contributed by atoms with Gasteiger partial charge in [0.15, 0.2) is 0 Å². The molecule has 1 aromatic carbocycles. The number of amides is 1. The molecule has 5 nitrogen and oxygen atoms in total. The third-order valence-electron chi connectivity index (χ3n) is 3.47. The zero-order chi connectivity index (χ0) is 15.7. The summed E-state index contributed by atoms with van der Waals surface area (Å²) >= 11 is 0. The summed E-state index contributed by atoms with van der Waals surface area (Å²) in [5, 5.41) is 3.38. The van der Waals surface area contributed by atoms with Crippen LogP contribution in [0.1, 0.15) is 17.3 Å². The molecule has 0 saturated carbocycles. The molecule has 22 heavy (non-hydrogen) atoms. The Bertz CT molecular complexity index is 911. The quantitative estimate of drug-likeness (QED) is 0.781. The van der Waals surface area contributed by atoms with Crippen molar-refractivity contribution in [2.75, 3.05) is 5.32 Å². The molecule has 6 heteroatoms. The van der Waals surface area contributed by atoms with Crippen molar-refractivity contribution in [3.05, 3.63) is 64.5 Å². The van der Waals surface area contributed by atoms with Gasteiger partial charge in [-0.1, -0.05) is 0 Å². The first-order chi connectivity index (χ1) is 10.6. The van der Waals surface area contributed by atoms with Crippen LogP contribution in [0.5, 0.6) is 0 Å². The molecule has 2 N–H and O–H groups in total. The lowest BCUT2D eigenvalue weighted by Crippen LogP contribution is -2.19. The minimum atomic E-state index is -0.365. The average molecular weight is 299 g/mol. The normalized spacial score (nSPS) is 10.8. The zero-order valence-electron chi connectivity index (χ0n) is 11.9. The monoisotopic (exact) mass is 299 g/mol. The molecule has 3 aromatic rings. The number of anilines is 1. The van der Waals surface area contributed by atoms with Gasteiger partial charge in [-0.25, -0.2) is 4.39 Å². The molecule has 2 aromatic heterocycles. The highest BCUT2D eigenvalue weighted by molar-refractivity contribution is 6.12. The summed E-state index contributed by atoms with van der Waals surface area (Å²) in [6.45, 7) is 2.37. The molecule has 2 heterocycles. The molecule has 3 rings (SSSR count). The van der Waals surface area contributed by atoms with Crippen LogP contribution in [0.2, 0.25) is 0 Å². The van der Waals surface area contributed by atoms with Crippen LogP contribution in [0.15, 0.2) is 47.5 Å². The van der Waals surface area contributed by atoms with Crippen molar-refractivity contribution in [2.45, 2.75) is 13.5 Å². The van der Waals surface area contributed by atoms with Crippen LogP contribution in [-0.2, 0) is 6.54 Å². The summed E-state index contributed by atoms with van der Waals surface area (Å²) in [5.74, 6) is -0.685. The van der Waals surface area contributed by atoms with Crippen LogP contribution in [-0.4, -0.2) is 15.5 Å². The van der Waals surface area contributed by atoms with Crippen molar-refractivity contribution >= 4 is 22.5 Å². The van der Waals surface area contributed by atoms with E-state index < -0.39 is 0 Å². The molecular weight excluding hydrogens is 285 g/mol. The van der Waals surface area contributed by atoms with Crippen LogP contribution in [0.3, 0.4) is 0 Å². The molecule has 0 spiro atoms. The molecule has 0 fully saturated rings. The van der Waals surface area contributed by atoms with E-state index in [2.05, 4.69) is 10.3 Å². The van der Waals surface area contributed by atoms with Crippen LogP contribution in [0.25, 0.3) is 10.9 Å². The van der Waals surface area contributed by atoms with Crippen LogP contribution in [0.4, 0.5) is 10.1 Å². The highest BCUT2D eigenvalue weighted by Gasteiger charge is 2.13. The molecule has 0 unspecified atom stereocenters. The number of aromatic amines is 1. The molecule has 0 bridgehead atoms. The number of hydrogen-bond acceptors (Lipinski definition) is 2. The maximum atomic E-state index is 13.2. The zero-order valence-corrected chi connectivity index (χ0v) is 11.9. The number of hydrogen-bond donors (Lipinski definition) is 2. The van der Waals surface area contributed by atoms with Gasteiger partial charge < -0.3 is 14.9 Å². The molecule has 112 valence electrons. The Balaban J connectivity index is 1.92. The average Bonchev–Trinajstić information content (AvgIpc) is 2.92. The number of carbonyl (C=O) groups is 1. The van der Waals surface area contributed by atoms with Crippen molar-refractivity contribution in [1.29, 1.82) is 0 Å². The maximum absolute atomic E-state index is 13.2. The molecule has 0 aliphatic rings. The predicted molar refractivity (Wildman–Crippen MR) is 82.6 cm³/mol. The third-order valence-corrected chi connectivity index (χ3v) is 3.47. The molecule has 1 amide bonds. The molecule has 0 aliphatic heterocycles. The van der Waals surface area contributed by atoms with Crippen molar-refractivity contribution in [2.24, 2.45) is 0 Å². The van der Waals surface area contributed by atoms with Gasteiger partial charge in [0.1, 0.15) is 5.82 Å². The largest absolute Gasteiger partial charge is 0.360 e. The standard InChI is InChI=1S/C16H14FN3O2/c1-2-20-9-11(4-6-15(20)21)19-16(22)13-8-18-14-7-10(17)3-5-12(13)14/h3-9,18H,2H2,1H3,(H,19,22). The fraction of sp³-hybridized carbons (Fsp3) is 0.125. The Labute approximate surface area is 125 Å². The number of aromatic nitrogens is 2. The number of carbonyl (C=O) groups excluding carboxylic acids is 1. The van der Waals surface area contributed by atoms with E-state index in [1.807, 2.05) is 6.92 Å². The smallest absolute Gasteiger partial charge is 0.257 e. The van der Waals surface area contributed by atoms with E-state index in [-0.39, 0.29) is 17.3 Å². The lowest BCUT2D eigenvalue weighted by atomic mass is 10.1. The number of nitrogens with one attached hydrogen (secondary N) is 2. The van der Waals surface area contributed by atoms with Gasteiger partial charge in [-0.2, -0.15) is 0 Å². The lowest BCUT2D eigenvalue weighted by molar-refractivity contribution is 0.102. The topological polar surface area (TPSA) is 66.9 Å². The van der Waals surface area contributed by atoms with Gasteiger partial charge in [0.2, 0.25) is 0 Å². The predicted octanol–water partition coefficient (Wildman–Crippen LogP) is 2.74. The van der Waals surface area contributed by atoms with Gasteiger partial charge >= 0.3 is 0 Å². The fourth-order valence-corrected chi connectivity index (χ4v) is 2.34. The highest BCUT2D eigenvalue weighted by Crippen LogP contribution is 2.20. The Morgan fingerprint density at radius 2 is 2.14 bits per heavy atom. The second-order valence-electron chi connectivity index (χ2n) is 4.89. The van der Waals surface area contributed by atoms with E-state index in [0.717, 1.165) is 0 Å². The SMILES string of the molecule is CCn1cc(NC(=O)c2c[nH]c3cc(F)ccc23)ccc1=O. The molecule has 0 atom stereocenters. The number of fused-ring (bicyclic) bond motifs is 1. The van der Waals surface area contributed by atoms with Crippen LogP contribution < -0.4 is 10.9 Å². The van der Waals surface area contributed by atoms with Crippen molar-refractivity contribution in [1.82, 2.24) is 9.55 Å². The summed E-state index contributed by atoms with van der Waals surface area (Å²) in [4.78, 5) is 26.8. The summed E-state index contributed by atoms with van der Waals surface area (Å²) in [5.41, 5.74) is 1.39. The second kappa shape index (κ2) is 5.48. The van der Waals surface area contributed by atoms with Gasteiger partial charge in [-0.3, -0.25) is 9.59 Å². The first kappa shape index (κ1) is 14.1. The Hall–Kier alpha value is -2.89. The van der Waals surface area contributed by atoms with E-state index in [4.69, 9.17) is 0 Å². The summed E-state index contributed by atoms with van der Waals surface area (Å²) < 4.78 is 14.7. The maximum Gasteiger partial charge on any atom is 0.257 e. The van der Waals surface area contributed by atoms with E-state index in [0.29, 0.717) is 28.7 Å². The number of nitrogens with zero attached hydrogens (tertiary/aromatic N) is 1. The lowest BCUT2D eigenvalue weighted by Gasteiger charge is -2.07. The van der Waals surface area contributed by atoms with Crippen LogP contribution in [0, 0.1) is 5.82 Å². The second-order valence-corrected chi connectivity index (χ2v) is 4.89. The highest BCUT2D eigenvalue weighted by atomic mass is 19.1. The number of rotatable bonds is 3. The van der Waals surface area contributed by atoms with E-state index in [9.17, 15) is 14.0 Å². The Kier molecular flexibility index (Phi) is 3.50. The number of benzene rings is 1. The summed E-state index contributed by atoms with van der Waals surface area (Å²) in [7, 11) is 0. The van der Waals surface area contributed by atoms with Gasteiger partial charge in [-0.15, -0.1) is 0 Å². The van der Waals surface area contributed by atoms with Crippen LogP contribution >= 0.6 is 0 Å². The number of aryl methyl sites for hydroxylation is 1. The van der Waals surface area contributed by atoms with E-state index in [1.54, 1.807) is 18.3 Å². The molecular formula is C16H14FN3O2. The third kappa shape index (κ3) is 2.50.